The maximum absolute atomic E-state index is 10.7. The van der Waals surface area contributed by atoms with Crippen molar-refractivity contribution in [3.63, 3.8) is 0 Å². The summed E-state index contributed by atoms with van der Waals surface area (Å²) >= 11 is 1.67. The molecule has 0 spiro atoms. The molecule has 3 heterocycles. The minimum Gasteiger partial charge on any atom is -0.355 e. The van der Waals surface area contributed by atoms with Gasteiger partial charge < -0.3 is 9.80 Å². The van der Waals surface area contributed by atoms with Crippen molar-refractivity contribution in [3.8, 4) is 0 Å². The Kier molecular flexibility index (Phi) is 4.19. The monoisotopic (exact) mass is 319 g/mol. The van der Waals surface area contributed by atoms with E-state index in [9.17, 15) is 10.1 Å². The standard InChI is InChI=1S/C14H17N5O2S/c1-11-10-22-14(16-11)18-6-2-5-17(7-8-18)13-4-3-12(9-15-13)19(20)21/h3-4,9-10H,2,5-8H2,1H3. The average molecular weight is 319 g/mol. The first-order chi connectivity index (χ1) is 10.6. The zero-order chi connectivity index (χ0) is 15.5. The van der Waals surface area contributed by atoms with Crippen molar-refractivity contribution in [3.05, 3.63) is 39.5 Å². The van der Waals surface area contributed by atoms with E-state index >= 15 is 0 Å². The summed E-state index contributed by atoms with van der Waals surface area (Å²) in [6, 6.07) is 3.23. The van der Waals surface area contributed by atoms with Crippen molar-refractivity contribution in [2.45, 2.75) is 13.3 Å². The van der Waals surface area contributed by atoms with Crippen LogP contribution in [0.3, 0.4) is 0 Å². The van der Waals surface area contributed by atoms with Gasteiger partial charge in [-0.25, -0.2) is 9.97 Å². The highest BCUT2D eigenvalue weighted by molar-refractivity contribution is 7.13. The van der Waals surface area contributed by atoms with Gasteiger partial charge in [0.1, 0.15) is 12.0 Å². The SMILES string of the molecule is Cc1csc(N2CCCN(c3ccc([N+](=O)[O-])cn3)CC2)n1. The Hall–Kier alpha value is -2.22. The fourth-order valence-corrected chi connectivity index (χ4v) is 3.35. The van der Waals surface area contributed by atoms with Gasteiger partial charge in [0, 0.05) is 37.6 Å². The lowest BCUT2D eigenvalue weighted by Crippen LogP contribution is -2.31. The van der Waals surface area contributed by atoms with Crippen LogP contribution in [0.5, 0.6) is 0 Å². The smallest absolute Gasteiger partial charge is 0.287 e. The molecule has 1 aliphatic heterocycles. The van der Waals surface area contributed by atoms with Crippen molar-refractivity contribution in [1.82, 2.24) is 9.97 Å². The van der Waals surface area contributed by atoms with E-state index in [-0.39, 0.29) is 5.69 Å². The molecular weight excluding hydrogens is 302 g/mol. The fourth-order valence-electron chi connectivity index (χ4n) is 2.50. The van der Waals surface area contributed by atoms with Crippen molar-refractivity contribution >= 4 is 28.0 Å². The van der Waals surface area contributed by atoms with E-state index in [4.69, 9.17) is 0 Å². The molecule has 8 heteroatoms. The predicted octanol–water partition coefficient (Wildman–Crippen LogP) is 2.47. The van der Waals surface area contributed by atoms with Crippen LogP contribution in [-0.4, -0.2) is 41.1 Å². The van der Waals surface area contributed by atoms with Crippen LogP contribution in [0, 0.1) is 17.0 Å². The molecule has 0 amide bonds. The van der Waals surface area contributed by atoms with Crippen molar-refractivity contribution in [2.75, 3.05) is 36.0 Å². The Balaban J connectivity index is 1.68. The van der Waals surface area contributed by atoms with E-state index in [0.717, 1.165) is 49.2 Å². The lowest BCUT2D eigenvalue weighted by molar-refractivity contribution is -0.385. The van der Waals surface area contributed by atoms with Crippen LogP contribution in [0.4, 0.5) is 16.6 Å². The minimum atomic E-state index is -0.425. The first-order valence-corrected chi connectivity index (χ1v) is 8.04. The van der Waals surface area contributed by atoms with Crippen LogP contribution < -0.4 is 9.80 Å². The number of anilines is 2. The Morgan fingerprint density at radius 2 is 2.00 bits per heavy atom. The highest BCUT2D eigenvalue weighted by atomic mass is 32.1. The van der Waals surface area contributed by atoms with Gasteiger partial charge in [0.2, 0.25) is 0 Å². The second-order valence-corrected chi connectivity index (χ2v) is 6.07. The van der Waals surface area contributed by atoms with Crippen LogP contribution in [-0.2, 0) is 0 Å². The van der Waals surface area contributed by atoms with Crippen LogP contribution in [0.2, 0.25) is 0 Å². The molecule has 116 valence electrons. The van der Waals surface area contributed by atoms with Crippen molar-refractivity contribution < 1.29 is 4.92 Å². The van der Waals surface area contributed by atoms with Crippen molar-refractivity contribution in [2.24, 2.45) is 0 Å². The van der Waals surface area contributed by atoms with Gasteiger partial charge in [-0.05, 0) is 19.4 Å². The maximum Gasteiger partial charge on any atom is 0.287 e. The Bertz CT molecular complexity index is 658. The summed E-state index contributed by atoms with van der Waals surface area (Å²) in [5.41, 5.74) is 1.08. The normalized spacial score (nSPS) is 15.7. The molecule has 0 aromatic carbocycles. The summed E-state index contributed by atoms with van der Waals surface area (Å²) in [6.45, 7) is 5.59. The summed E-state index contributed by atoms with van der Waals surface area (Å²) in [5, 5.41) is 13.8. The second kappa shape index (κ2) is 6.27. The first kappa shape index (κ1) is 14.7. The molecule has 7 nitrogen and oxygen atoms in total. The summed E-state index contributed by atoms with van der Waals surface area (Å²) < 4.78 is 0. The topological polar surface area (TPSA) is 75.4 Å². The van der Waals surface area contributed by atoms with Crippen LogP contribution >= 0.6 is 11.3 Å². The zero-order valence-corrected chi connectivity index (χ0v) is 13.1. The van der Waals surface area contributed by atoms with E-state index in [1.54, 1.807) is 17.4 Å². The fraction of sp³-hybridized carbons (Fsp3) is 0.429. The van der Waals surface area contributed by atoms with Crippen LogP contribution in [0.25, 0.3) is 0 Å². The van der Waals surface area contributed by atoms with Gasteiger partial charge in [-0.1, -0.05) is 0 Å². The molecule has 0 atom stereocenters. The summed E-state index contributed by atoms with van der Waals surface area (Å²) in [7, 11) is 0. The zero-order valence-electron chi connectivity index (χ0n) is 12.3. The molecular formula is C14H17N5O2S. The maximum atomic E-state index is 10.7. The van der Waals surface area contributed by atoms with Crippen LogP contribution in [0.15, 0.2) is 23.7 Å². The quantitative estimate of drug-likeness (QED) is 0.639. The molecule has 0 saturated carbocycles. The van der Waals surface area contributed by atoms with Gasteiger partial charge in [-0.3, -0.25) is 10.1 Å². The summed E-state index contributed by atoms with van der Waals surface area (Å²) in [6.07, 6.45) is 2.33. The third-order valence-electron chi connectivity index (χ3n) is 3.64. The molecule has 0 radical (unpaired) electrons. The molecule has 3 rings (SSSR count). The number of nitrogens with zero attached hydrogens (tertiary/aromatic N) is 5. The number of rotatable bonds is 3. The lowest BCUT2D eigenvalue weighted by atomic mass is 10.3. The molecule has 0 bridgehead atoms. The molecule has 0 aliphatic carbocycles. The van der Waals surface area contributed by atoms with Gasteiger partial charge in [0.05, 0.1) is 10.6 Å². The van der Waals surface area contributed by atoms with E-state index in [0.29, 0.717) is 0 Å². The Morgan fingerprint density at radius 3 is 2.64 bits per heavy atom. The van der Waals surface area contributed by atoms with Gasteiger partial charge in [-0.2, -0.15) is 0 Å². The number of pyridine rings is 1. The van der Waals surface area contributed by atoms with Gasteiger partial charge in [-0.15, -0.1) is 11.3 Å². The van der Waals surface area contributed by atoms with Gasteiger partial charge >= 0.3 is 0 Å². The predicted molar refractivity (Wildman–Crippen MR) is 86.8 cm³/mol. The second-order valence-electron chi connectivity index (χ2n) is 5.23. The van der Waals surface area contributed by atoms with Crippen molar-refractivity contribution in [1.29, 1.82) is 0 Å². The van der Waals surface area contributed by atoms with Gasteiger partial charge in [0.15, 0.2) is 5.13 Å². The Morgan fingerprint density at radius 1 is 1.23 bits per heavy atom. The number of aromatic nitrogens is 2. The van der Waals surface area contributed by atoms with E-state index in [1.807, 2.05) is 6.92 Å². The first-order valence-electron chi connectivity index (χ1n) is 7.16. The average Bonchev–Trinajstić information content (AvgIpc) is 2.81. The molecule has 0 unspecified atom stereocenters. The Labute approximate surface area is 132 Å². The molecule has 1 fully saturated rings. The molecule has 0 N–H and O–H groups in total. The third-order valence-corrected chi connectivity index (χ3v) is 4.66. The molecule has 2 aromatic heterocycles. The lowest BCUT2D eigenvalue weighted by Gasteiger charge is -2.22. The van der Waals surface area contributed by atoms with E-state index < -0.39 is 4.92 Å². The summed E-state index contributed by atoms with van der Waals surface area (Å²) in [4.78, 5) is 23.5. The number of hydrogen-bond donors (Lipinski definition) is 0. The molecule has 1 saturated heterocycles. The van der Waals surface area contributed by atoms with E-state index in [1.165, 1.54) is 12.3 Å². The molecule has 22 heavy (non-hydrogen) atoms. The van der Waals surface area contributed by atoms with E-state index in [2.05, 4.69) is 25.1 Å². The molecule has 1 aliphatic rings. The summed E-state index contributed by atoms with van der Waals surface area (Å²) in [5.74, 6) is 0.794. The van der Waals surface area contributed by atoms with Gasteiger partial charge in [0.25, 0.3) is 5.69 Å². The third kappa shape index (κ3) is 3.16. The largest absolute Gasteiger partial charge is 0.355 e. The van der Waals surface area contributed by atoms with Crippen LogP contribution in [0.1, 0.15) is 12.1 Å². The number of nitro groups is 1. The highest BCUT2D eigenvalue weighted by Crippen LogP contribution is 2.23. The number of hydrogen-bond acceptors (Lipinski definition) is 7. The minimum absolute atomic E-state index is 0.0264. The molecule has 2 aromatic rings. The number of aryl methyl sites for hydroxylation is 1. The highest BCUT2D eigenvalue weighted by Gasteiger charge is 2.18. The number of thiazole rings is 1.